The number of hydrogen-bond donors (Lipinski definition) is 2. The summed E-state index contributed by atoms with van der Waals surface area (Å²) in [6.07, 6.45) is 1.33. The van der Waals surface area contributed by atoms with Crippen LogP contribution in [-0.2, 0) is 0 Å². The van der Waals surface area contributed by atoms with Gasteiger partial charge in [0, 0.05) is 5.39 Å². The third-order valence-electron chi connectivity index (χ3n) is 3.37. The van der Waals surface area contributed by atoms with Crippen LogP contribution in [0.25, 0.3) is 10.8 Å². The van der Waals surface area contributed by atoms with E-state index in [1.807, 2.05) is 12.1 Å². The summed E-state index contributed by atoms with van der Waals surface area (Å²) in [6, 6.07) is 16.3. The van der Waals surface area contributed by atoms with Crippen molar-refractivity contribution >= 4 is 22.9 Å². The number of benzene rings is 3. The fraction of sp³-hybridized carbons (Fsp3) is 0. The first-order valence-electron chi connectivity index (χ1n) is 6.95. The number of rotatable bonds is 3. The van der Waals surface area contributed by atoms with E-state index in [-0.39, 0.29) is 17.1 Å². The molecule has 0 aromatic heterocycles. The van der Waals surface area contributed by atoms with Gasteiger partial charge in [-0.1, -0.05) is 42.5 Å². The zero-order valence-electron chi connectivity index (χ0n) is 12.0. The number of phenols is 1. The number of aromatic hydroxyl groups is 1. The van der Waals surface area contributed by atoms with Crippen LogP contribution in [0, 0.1) is 5.82 Å². The number of nitrogens with zero attached hydrogens (tertiary/aromatic N) is 1. The van der Waals surface area contributed by atoms with E-state index in [4.69, 9.17) is 0 Å². The summed E-state index contributed by atoms with van der Waals surface area (Å²) in [4.78, 5) is 12.1. The minimum absolute atomic E-state index is 0.0958. The quantitative estimate of drug-likeness (QED) is 0.575. The lowest BCUT2D eigenvalue weighted by atomic mass is 10.1. The number of carbonyl (C=O) groups excluding carboxylic acids is 1. The van der Waals surface area contributed by atoms with E-state index in [1.165, 1.54) is 24.4 Å². The van der Waals surface area contributed by atoms with Gasteiger partial charge in [0.1, 0.15) is 11.6 Å². The number of nitrogens with one attached hydrogen (secondary N) is 1. The molecule has 0 unspecified atom stereocenters. The van der Waals surface area contributed by atoms with Crippen LogP contribution in [0.3, 0.4) is 0 Å². The molecule has 0 heterocycles. The molecule has 0 saturated heterocycles. The van der Waals surface area contributed by atoms with Crippen LogP contribution >= 0.6 is 0 Å². The highest BCUT2D eigenvalue weighted by Gasteiger charge is 2.12. The van der Waals surface area contributed by atoms with Gasteiger partial charge >= 0.3 is 0 Å². The normalized spacial score (nSPS) is 11.0. The highest BCUT2D eigenvalue weighted by molar-refractivity contribution is 6.03. The fourth-order valence-corrected chi connectivity index (χ4v) is 2.25. The summed E-state index contributed by atoms with van der Waals surface area (Å²) < 4.78 is 13.0. The van der Waals surface area contributed by atoms with Gasteiger partial charge in [-0.25, -0.2) is 9.82 Å². The molecule has 114 valence electrons. The number of phenolic OH excluding ortho intramolecular Hbond substituents is 1. The molecule has 0 aliphatic heterocycles. The predicted octanol–water partition coefficient (Wildman–Crippen LogP) is 3.45. The van der Waals surface area contributed by atoms with Gasteiger partial charge in [-0.05, 0) is 29.1 Å². The maximum Gasteiger partial charge on any atom is 0.275 e. The molecule has 3 aromatic carbocycles. The highest BCUT2D eigenvalue weighted by atomic mass is 19.1. The van der Waals surface area contributed by atoms with Gasteiger partial charge in [0.15, 0.2) is 0 Å². The second-order valence-electron chi connectivity index (χ2n) is 4.94. The number of hydrazone groups is 1. The summed E-state index contributed by atoms with van der Waals surface area (Å²) in [6.45, 7) is 0. The van der Waals surface area contributed by atoms with Crippen LogP contribution < -0.4 is 5.43 Å². The maximum absolute atomic E-state index is 13.0. The molecule has 23 heavy (non-hydrogen) atoms. The molecule has 5 heteroatoms. The predicted molar refractivity (Wildman–Crippen MR) is 87.1 cm³/mol. The molecule has 0 aliphatic carbocycles. The monoisotopic (exact) mass is 308 g/mol. The minimum atomic E-state index is -0.541. The second kappa shape index (κ2) is 6.27. The summed E-state index contributed by atoms with van der Waals surface area (Å²) >= 11 is 0. The largest absolute Gasteiger partial charge is 0.506 e. The summed E-state index contributed by atoms with van der Waals surface area (Å²) in [7, 11) is 0. The van der Waals surface area contributed by atoms with Crippen molar-refractivity contribution < 1.29 is 14.3 Å². The molecule has 2 N–H and O–H groups in total. The Labute approximate surface area is 131 Å². The van der Waals surface area contributed by atoms with E-state index in [0.29, 0.717) is 10.9 Å². The Morgan fingerprint density at radius 3 is 2.74 bits per heavy atom. The molecule has 3 rings (SSSR count). The van der Waals surface area contributed by atoms with Crippen molar-refractivity contribution in [3.05, 3.63) is 77.6 Å². The molecule has 0 radical (unpaired) electrons. The van der Waals surface area contributed by atoms with Crippen molar-refractivity contribution in [1.29, 1.82) is 0 Å². The minimum Gasteiger partial charge on any atom is -0.506 e. The Balaban J connectivity index is 1.80. The number of halogens is 1. The van der Waals surface area contributed by atoms with Gasteiger partial charge in [0.2, 0.25) is 0 Å². The van der Waals surface area contributed by atoms with Gasteiger partial charge in [-0.15, -0.1) is 0 Å². The van der Waals surface area contributed by atoms with Crippen molar-refractivity contribution in [2.45, 2.75) is 0 Å². The van der Waals surface area contributed by atoms with E-state index >= 15 is 0 Å². The van der Waals surface area contributed by atoms with Gasteiger partial charge < -0.3 is 5.11 Å². The average Bonchev–Trinajstić information content (AvgIpc) is 2.55. The molecule has 4 nitrogen and oxygen atoms in total. The summed E-state index contributed by atoms with van der Waals surface area (Å²) in [5.41, 5.74) is 2.97. The summed E-state index contributed by atoms with van der Waals surface area (Å²) in [5.74, 6) is -1.02. The number of hydrogen-bond acceptors (Lipinski definition) is 3. The highest BCUT2D eigenvalue weighted by Crippen LogP contribution is 2.28. The van der Waals surface area contributed by atoms with E-state index in [0.717, 1.165) is 5.39 Å². The van der Waals surface area contributed by atoms with Crippen LogP contribution in [0.1, 0.15) is 15.9 Å². The van der Waals surface area contributed by atoms with E-state index in [9.17, 15) is 14.3 Å². The van der Waals surface area contributed by atoms with E-state index in [2.05, 4.69) is 10.5 Å². The Bertz CT molecular complexity index is 906. The van der Waals surface area contributed by atoms with Crippen LogP contribution in [0.5, 0.6) is 5.75 Å². The molecule has 0 saturated carbocycles. The van der Waals surface area contributed by atoms with Crippen molar-refractivity contribution in [2.24, 2.45) is 5.10 Å². The van der Waals surface area contributed by atoms with Crippen molar-refractivity contribution in [3.63, 3.8) is 0 Å². The first-order valence-corrected chi connectivity index (χ1v) is 6.95. The van der Waals surface area contributed by atoms with Crippen LogP contribution in [0.4, 0.5) is 4.39 Å². The molecule has 0 atom stereocenters. The summed E-state index contributed by atoms with van der Waals surface area (Å²) in [5, 5.41) is 15.4. The third kappa shape index (κ3) is 3.18. The standard InChI is InChI=1S/C18H13FN2O2/c19-14-6-3-4-12(10-14)11-20-21-18(23)16-9-8-13-5-1-2-7-15(13)17(16)22/h1-11,22H,(H,21,23)/b20-11+. The van der Waals surface area contributed by atoms with Crippen LogP contribution in [0.15, 0.2) is 65.8 Å². The van der Waals surface area contributed by atoms with Gasteiger partial charge in [-0.3, -0.25) is 4.79 Å². The molecule has 3 aromatic rings. The Hall–Kier alpha value is -3.21. The Morgan fingerprint density at radius 1 is 1.09 bits per heavy atom. The molecule has 0 aliphatic rings. The van der Waals surface area contributed by atoms with Crippen LogP contribution in [-0.4, -0.2) is 17.2 Å². The molecule has 1 amide bonds. The first-order chi connectivity index (χ1) is 11.1. The topological polar surface area (TPSA) is 61.7 Å². The van der Waals surface area contributed by atoms with Crippen LogP contribution in [0.2, 0.25) is 0 Å². The zero-order chi connectivity index (χ0) is 16.2. The second-order valence-corrected chi connectivity index (χ2v) is 4.94. The van der Waals surface area contributed by atoms with Gasteiger partial charge in [0.05, 0.1) is 11.8 Å². The third-order valence-corrected chi connectivity index (χ3v) is 3.37. The maximum atomic E-state index is 13.0. The number of carbonyl (C=O) groups is 1. The van der Waals surface area contributed by atoms with Crippen molar-refractivity contribution in [2.75, 3.05) is 0 Å². The smallest absolute Gasteiger partial charge is 0.275 e. The SMILES string of the molecule is O=C(N/N=C/c1cccc(F)c1)c1ccc2ccccc2c1O. The average molecular weight is 308 g/mol. The van der Waals surface area contributed by atoms with Gasteiger partial charge in [-0.2, -0.15) is 5.10 Å². The van der Waals surface area contributed by atoms with Gasteiger partial charge in [0.25, 0.3) is 5.91 Å². The van der Waals surface area contributed by atoms with Crippen molar-refractivity contribution in [1.82, 2.24) is 5.43 Å². The number of amides is 1. The molecular formula is C18H13FN2O2. The lowest BCUT2D eigenvalue weighted by molar-refractivity contribution is 0.0952. The van der Waals surface area contributed by atoms with Crippen molar-refractivity contribution in [3.8, 4) is 5.75 Å². The first kappa shape index (κ1) is 14.7. The Morgan fingerprint density at radius 2 is 1.91 bits per heavy atom. The lowest BCUT2D eigenvalue weighted by Crippen LogP contribution is -2.17. The molecule has 0 bridgehead atoms. The van der Waals surface area contributed by atoms with E-state index < -0.39 is 5.91 Å². The number of fused-ring (bicyclic) bond motifs is 1. The van der Waals surface area contributed by atoms with E-state index in [1.54, 1.807) is 30.3 Å². The lowest BCUT2D eigenvalue weighted by Gasteiger charge is -2.06. The molecule has 0 spiro atoms. The molecular weight excluding hydrogens is 295 g/mol. The Kier molecular flexibility index (Phi) is 4.01. The zero-order valence-corrected chi connectivity index (χ0v) is 12.0. The molecule has 0 fully saturated rings. The fourth-order valence-electron chi connectivity index (χ4n) is 2.25.